The van der Waals surface area contributed by atoms with Crippen LogP contribution in [0.25, 0.3) is 0 Å². The van der Waals surface area contributed by atoms with Crippen LogP contribution in [0, 0.1) is 0 Å². The molecule has 0 bridgehead atoms. The summed E-state index contributed by atoms with van der Waals surface area (Å²) in [5.41, 5.74) is 0.716. The molecule has 94 valence electrons. The first-order valence-corrected chi connectivity index (χ1v) is 6.32. The zero-order valence-electron chi connectivity index (χ0n) is 9.41. The number of amides is 1. The topological polar surface area (TPSA) is 41.1 Å². The Morgan fingerprint density at radius 3 is 2.71 bits per heavy atom. The molecular weight excluding hydrogens is 304 g/mol. The zero-order chi connectivity index (χ0) is 11.4. The summed E-state index contributed by atoms with van der Waals surface area (Å²) in [6.07, 6.45) is 2.03. The van der Waals surface area contributed by atoms with E-state index in [1.807, 2.05) is 24.3 Å². The van der Waals surface area contributed by atoms with Crippen molar-refractivity contribution in [1.82, 2.24) is 10.6 Å². The van der Waals surface area contributed by atoms with Crippen LogP contribution in [0.5, 0.6) is 0 Å². The molecule has 0 spiro atoms. The summed E-state index contributed by atoms with van der Waals surface area (Å²) < 4.78 is 0.936. The molecule has 5 heteroatoms. The van der Waals surface area contributed by atoms with Gasteiger partial charge in [0.1, 0.15) is 0 Å². The highest BCUT2D eigenvalue weighted by atomic mass is 79.9. The van der Waals surface area contributed by atoms with Gasteiger partial charge in [-0.15, -0.1) is 12.4 Å². The fourth-order valence-corrected chi connectivity index (χ4v) is 2.26. The van der Waals surface area contributed by atoms with E-state index in [1.54, 1.807) is 0 Å². The van der Waals surface area contributed by atoms with Gasteiger partial charge in [-0.3, -0.25) is 4.79 Å². The number of hydrogen-bond acceptors (Lipinski definition) is 2. The summed E-state index contributed by atoms with van der Waals surface area (Å²) in [5, 5.41) is 6.34. The molecule has 1 aromatic carbocycles. The van der Waals surface area contributed by atoms with Crippen LogP contribution < -0.4 is 10.6 Å². The zero-order valence-corrected chi connectivity index (χ0v) is 11.8. The Hall–Kier alpha value is -0.580. The van der Waals surface area contributed by atoms with Gasteiger partial charge >= 0.3 is 0 Å². The predicted molar refractivity (Wildman–Crippen MR) is 74.7 cm³/mol. The second kappa shape index (κ2) is 6.99. The molecule has 1 saturated heterocycles. The molecule has 1 fully saturated rings. The Labute approximate surface area is 116 Å². The lowest BCUT2D eigenvalue weighted by atomic mass is 10.1. The van der Waals surface area contributed by atoms with Gasteiger partial charge in [0.25, 0.3) is 5.91 Å². The average Bonchev–Trinajstić information content (AvgIpc) is 2.30. The lowest BCUT2D eigenvalue weighted by molar-refractivity contribution is 0.0929. The van der Waals surface area contributed by atoms with Crippen molar-refractivity contribution in [2.24, 2.45) is 0 Å². The summed E-state index contributed by atoms with van der Waals surface area (Å²) in [5.74, 6) is 0.0215. The lowest BCUT2D eigenvalue weighted by Gasteiger charge is -2.23. The van der Waals surface area contributed by atoms with Crippen LogP contribution in [0.1, 0.15) is 23.2 Å². The minimum Gasteiger partial charge on any atom is -0.349 e. The molecule has 1 aromatic rings. The second-order valence-corrected chi connectivity index (χ2v) is 4.92. The van der Waals surface area contributed by atoms with Crippen LogP contribution in [0.3, 0.4) is 0 Å². The maximum atomic E-state index is 11.9. The number of piperidine rings is 1. The number of rotatable bonds is 2. The van der Waals surface area contributed by atoms with E-state index in [0.29, 0.717) is 11.6 Å². The molecule has 1 aliphatic rings. The molecule has 2 rings (SSSR count). The molecule has 17 heavy (non-hydrogen) atoms. The van der Waals surface area contributed by atoms with Gasteiger partial charge in [-0.25, -0.2) is 0 Å². The van der Waals surface area contributed by atoms with Gasteiger partial charge in [0, 0.05) is 16.1 Å². The van der Waals surface area contributed by atoms with E-state index in [-0.39, 0.29) is 18.3 Å². The number of carbonyl (C=O) groups is 1. The Kier molecular flexibility index (Phi) is 5.95. The Morgan fingerprint density at radius 1 is 1.35 bits per heavy atom. The van der Waals surface area contributed by atoms with Gasteiger partial charge in [0.05, 0.1) is 0 Å². The average molecular weight is 320 g/mol. The Balaban J connectivity index is 0.00000144. The van der Waals surface area contributed by atoms with Crippen LogP contribution in [-0.4, -0.2) is 25.0 Å². The molecule has 1 amide bonds. The van der Waals surface area contributed by atoms with Crippen LogP contribution in [-0.2, 0) is 0 Å². The van der Waals surface area contributed by atoms with E-state index in [2.05, 4.69) is 26.6 Å². The molecule has 1 heterocycles. The van der Waals surface area contributed by atoms with E-state index in [4.69, 9.17) is 0 Å². The summed E-state index contributed by atoms with van der Waals surface area (Å²) in [6, 6.07) is 7.79. The van der Waals surface area contributed by atoms with Crippen molar-refractivity contribution in [3.63, 3.8) is 0 Å². The molecule has 0 unspecified atom stereocenters. The van der Waals surface area contributed by atoms with E-state index < -0.39 is 0 Å². The van der Waals surface area contributed by atoms with Crippen molar-refractivity contribution in [2.75, 3.05) is 13.1 Å². The van der Waals surface area contributed by atoms with Crippen molar-refractivity contribution in [1.29, 1.82) is 0 Å². The van der Waals surface area contributed by atoms with Gasteiger partial charge in [0.2, 0.25) is 0 Å². The highest BCUT2D eigenvalue weighted by molar-refractivity contribution is 9.10. The number of nitrogens with one attached hydrogen (secondary N) is 2. The lowest BCUT2D eigenvalue weighted by Crippen LogP contribution is -2.42. The third kappa shape index (κ3) is 4.30. The molecule has 1 aliphatic heterocycles. The van der Waals surface area contributed by atoms with Gasteiger partial charge < -0.3 is 10.6 Å². The van der Waals surface area contributed by atoms with E-state index in [0.717, 1.165) is 30.4 Å². The summed E-state index contributed by atoms with van der Waals surface area (Å²) >= 11 is 3.37. The molecule has 0 radical (unpaired) electrons. The van der Waals surface area contributed by atoms with Gasteiger partial charge in [-0.2, -0.15) is 0 Å². The van der Waals surface area contributed by atoms with Gasteiger partial charge in [-0.05, 0) is 44.1 Å². The first kappa shape index (κ1) is 14.5. The first-order chi connectivity index (χ1) is 7.75. The predicted octanol–water partition coefficient (Wildman–Crippen LogP) is 2.35. The monoisotopic (exact) mass is 318 g/mol. The maximum Gasteiger partial charge on any atom is 0.251 e. The molecule has 0 saturated carbocycles. The van der Waals surface area contributed by atoms with Crippen molar-refractivity contribution in [2.45, 2.75) is 18.9 Å². The third-order valence-corrected chi connectivity index (χ3v) is 3.25. The summed E-state index contributed by atoms with van der Waals surface area (Å²) in [4.78, 5) is 11.9. The van der Waals surface area contributed by atoms with Crippen molar-refractivity contribution in [3.05, 3.63) is 34.3 Å². The normalized spacial score (nSPS) is 16.1. The SMILES string of the molecule is Cl.O=C(NC1CCNCC1)c1cccc(Br)c1. The highest BCUT2D eigenvalue weighted by Gasteiger charge is 2.16. The molecule has 2 N–H and O–H groups in total. The van der Waals surface area contributed by atoms with E-state index in [1.165, 1.54) is 0 Å². The fraction of sp³-hybridized carbons (Fsp3) is 0.417. The Bertz CT molecular complexity index is 381. The van der Waals surface area contributed by atoms with Crippen LogP contribution >= 0.6 is 28.3 Å². The van der Waals surface area contributed by atoms with E-state index >= 15 is 0 Å². The highest BCUT2D eigenvalue weighted by Crippen LogP contribution is 2.12. The molecule has 0 aromatic heterocycles. The van der Waals surface area contributed by atoms with Crippen LogP contribution in [0.2, 0.25) is 0 Å². The molecule has 0 atom stereocenters. The second-order valence-electron chi connectivity index (χ2n) is 4.01. The molecule has 0 aliphatic carbocycles. The summed E-state index contributed by atoms with van der Waals surface area (Å²) in [6.45, 7) is 1.98. The van der Waals surface area contributed by atoms with Crippen molar-refractivity contribution >= 4 is 34.2 Å². The fourth-order valence-electron chi connectivity index (χ4n) is 1.86. The number of carbonyl (C=O) groups excluding carboxylic acids is 1. The molecule has 3 nitrogen and oxygen atoms in total. The van der Waals surface area contributed by atoms with Crippen molar-refractivity contribution in [3.8, 4) is 0 Å². The summed E-state index contributed by atoms with van der Waals surface area (Å²) in [7, 11) is 0. The third-order valence-electron chi connectivity index (χ3n) is 2.76. The van der Waals surface area contributed by atoms with Gasteiger partial charge in [0.15, 0.2) is 0 Å². The number of benzene rings is 1. The van der Waals surface area contributed by atoms with E-state index in [9.17, 15) is 4.79 Å². The van der Waals surface area contributed by atoms with Crippen molar-refractivity contribution < 1.29 is 4.79 Å². The standard InChI is InChI=1S/C12H15BrN2O.ClH/c13-10-3-1-2-9(8-10)12(16)15-11-4-6-14-7-5-11;/h1-3,8,11,14H,4-7H2,(H,15,16);1H. The van der Waals surface area contributed by atoms with Gasteiger partial charge in [-0.1, -0.05) is 22.0 Å². The van der Waals surface area contributed by atoms with Crippen LogP contribution in [0.15, 0.2) is 28.7 Å². The van der Waals surface area contributed by atoms with Crippen LogP contribution in [0.4, 0.5) is 0 Å². The number of halogens is 2. The Morgan fingerprint density at radius 2 is 2.06 bits per heavy atom. The minimum atomic E-state index is 0. The quantitative estimate of drug-likeness (QED) is 0.878. The molecular formula is C12H16BrClN2O. The largest absolute Gasteiger partial charge is 0.349 e. The maximum absolute atomic E-state index is 11.9. The number of hydrogen-bond donors (Lipinski definition) is 2. The smallest absolute Gasteiger partial charge is 0.251 e. The minimum absolute atomic E-state index is 0. The first-order valence-electron chi connectivity index (χ1n) is 5.53.